The number of carbonyl (C=O) groups excluding carboxylic acids is 1. The molecular formula is C10H11F2IN2O2. The van der Waals surface area contributed by atoms with E-state index in [2.05, 4.69) is 4.98 Å². The van der Waals surface area contributed by atoms with Gasteiger partial charge in [-0.2, -0.15) is 0 Å². The highest BCUT2D eigenvalue weighted by molar-refractivity contribution is 14.1. The molecule has 0 atom stereocenters. The van der Waals surface area contributed by atoms with E-state index in [-0.39, 0.29) is 18.7 Å². The van der Waals surface area contributed by atoms with Gasteiger partial charge in [0.25, 0.3) is 6.43 Å². The van der Waals surface area contributed by atoms with Gasteiger partial charge in [-0.25, -0.2) is 13.6 Å². The standard InChI is InChI=1S/C10H11F2IN2O2/c1-2-17-10(16)6-7(13)5(3-14)4-15-8(6)9(11)12/h4,9H,2-3,14H2,1H3. The number of hydrogen-bond acceptors (Lipinski definition) is 4. The van der Waals surface area contributed by atoms with Gasteiger partial charge in [-0.1, -0.05) is 0 Å². The largest absolute Gasteiger partial charge is 0.462 e. The average Bonchev–Trinajstić information content (AvgIpc) is 2.28. The van der Waals surface area contributed by atoms with Crippen LogP contribution in [0.1, 0.15) is 35.0 Å². The Morgan fingerprint density at radius 3 is 2.76 bits per heavy atom. The molecule has 2 N–H and O–H groups in total. The van der Waals surface area contributed by atoms with Gasteiger partial charge < -0.3 is 10.5 Å². The minimum atomic E-state index is -2.82. The first-order valence-corrected chi connectivity index (χ1v) is 5.93. The summed E-state index contributed by atoms with van der Waals surface area (Å²) in [6.45, 7) is 1.85. The van der Waals surface area contributed by atoms with Crippen LogP contribution in [0.3, 0.4) is 0 Å². The van der Waals surface area contributed by atoms with Gasteiger partial charge >= 0.3 is 5.97 Å². The van der Waals surface area contributed by atoms with Crippen LogP contribution in [-0.2, 0) is 11.3 Å². The van der Waals surface area contributed by atoms with Gasteiger partial charge in [-0.05, 0) is 35.1 Å². The number of carbonyl (C=O) groups is 1. The zero-order valence-electron chi connectivity index (χ0n) is 9.04. The molecule has 0 amide bonds. The van der Waals surface area contributed by atoms with Crippen molar-refractivity contribution < 1.29 is 18.3 Å². The molecule has 0 saturated heterocycles. The maximum Gasteiger partial charge on any atom is 0.341 e. The second kappa shape index (κ2) is 6.20. The molecule has 0 fully saturated rings. The SMILES string of the molecule is CCOC(=O)c1c(C(F)F)ncc(CN)c1I. The van der Waals surface area contributed by atoms with E-state index in [9.17, 15) is 13.6 Å². The monoisotopic (exact) mass is 356 g/mol. The molecule has 1 rings (SSSR count). The van der Waals surface area contributed by atoms with Crippen LogP contribution in [0.4, 0.5) is 8.78 Å². The lowest BCUT2D eigenvalue weighted by molar-refractivity contribution is 0.0511. The Hall–Kier alpha value is -0.830. The summed E-state index contributed by atoms with van der Waals surface area (Å²) in [5, 5.41) is 0. The van der Waals surface area contributed by atoms with Crippen LogP contribution < -0.4 is 5.73 Å². The Morgan fingerprint density at radius 1 is 1.65 bits per heavy atom. The van der Waals surface area contributed by atoms with Crippen LogP contribution in [0.25, 0.3) is 0 Å². The molecule has 1 heterocycles. The molecule has 4 nitrogen and oxygen atoms in total. The number of nitrogens with two attached hydrogens (primary N) is 1. The topological polar surface area (TPSA) is 65.2 Å². The zero-order chi connectivity index (χ0) is 13.0. The molecular weight excluding hydrogens is 345 g/mol. The second-order valence-corrected chi connectivity index (χ2v) is 4.16. The van der Waals surface area contributed by atoms with Gasteiger partial charge in [0.1, 0.15) is 11.3 Å². The van der Waals surface area contributed by atoms with Crippen molar-refractivity contribution in [3.05, 3.63) is 26.6 Å². The zero-order valence-corrected chi connectivity index (χ0v) is 11.2. The van der Waals surface area contributed by atoms with Gasteiger partial charge in [-0.15, -0.1) is 0 Å². The molecule has 7 heteroatoms. The fourth-order valence-electron chi connectivity index (χ4n) is 1.25. The van der Waals surface area contributed by atoms with Crippen molar-refractivity contribution in [1.29, 1.82) is 0 Å². The number of nitrogens with zero attached hydrogens (tertiary/aromatic N) is 1. The highest BCUT2D eigenvalue weighted by Gasteiger charge is 2.25. The van der Waals surface area contributed by atoms with Crippen molar-refractivity contribution in [3.63, 3.8) is 0 Å². The maximum absolute atomic E-state index is 12.7. The summed E-state index contributed by atoms with van der Waals surface area (Å²) in [6, 6.07) is 0. The first kappa shape index (κ1) is 14.2. The summed E-state index contributed by atoms with van der Waals surface area (Å²) in [6.07, 6.45) is -1.57. The van der Waals surface area contributed by atoms with Gasteiger partial charge in [0, 0.05) is 16.3 Å². The summed E-state index contributed by atoms with van der Waals surface area (Å²) >= 11 is 1.80. The van der Waals surface area contributed by atoms with E-state index < -0.39 is 18.1 Å². The number of pyridine rings is 1. The van der Waals surface area contributed by atoms with Gasteiger partial charge in [-0.3, -0.25) is 4.98 Å². The van der Waals surface area contributed by atoms with Crippen molar-refractivity contribution in [2.45, 2.75) is 19.9 Å². The quantitative estimate of drug-likeness (QED) is 0.664. The highest BCUT2D eigenvalue weighted by Crippen LogP contribution is 2.27. The van der Waals surface area contributed by atoms with E-state index in [1.807, 2.05) is 0 Å². The summed E-state index contributed by atoms with van der Waals surface area (Å²) in [4.78, 5) is 15.2. The lowest BCUT2D eigenvalue weighted by atomic mass is 10.1. The van der Waals surface area contributed by atoms with E-state index in [0.717, 1.165) is 0 Å². The molecule has 0 aliphatic heterocycles. The Balaban J connectivity index is 3.34. The third-order valence-electron chi connectivity index (χ3n) is 2.02. The molecule has 17 heavy (non-hydrogen) atoms. The van der Waals surface area contributed by atoms with Crippen LogP contribution >= 0.6 is 22.6 Å². The molecule has 0 aliphatic rings. The summed E-state index contributed by atoms with van der Waals surface area (Å²) < 4.78 is 30.6. The van der Waals surface area contributed by atoms with Gasteiger partial charge in [0.2, 0.25) is 0 Å². The summed E-state index contributed by atoms with van der Waals surface area (Å²) in [7, 11) is 0. The second-order valence-electron chi connectivity index (χ2n) is 3.08. The molecule has 1 aromatic rings. The van der Waals surface area contributed by atoms with E-state index >= 15 is 0 Å². The van der Waals surface area contributed by atoms with Crippen LogP contribution in [0, 0.1) is 3.57 Å². The fraction of sp³-hybridized carbons (Fsp3) is 0.400. The molecule has 0 spiro atoms. The third kappa shape index (κ3) is 3.09. The molecule has 0 bridgehead atoms. The third-order valence-corrected chi connectivity index (χ3v) is 3.26. The number of halogens is 3. The first-order valence-electron chi connectivity index (χ1n) is 4.85. The lowest BCUT2D eigenvalue weighted by Crippen LogP contribution is -2.15. The minimum Gasteiger partial charge on any atom is -0.462 e. The van der Waals surface area contributed by atoms with Crippen LogP contribution in [-0.4, -0.2) is 17.6 Å². The normalized spacial score (nSPS) is 10.7. The maximum atomic E-state index is 12.7. The van der Waals surface area contributed by atoms with E-state index in [4.69, 9.17) is 10.5 Å². The van der Waals surface area contributed by atoms with Crippen LogP contribution in [0.5, 0.6) is 0 Å². The number of esters is 1. The lowest BCUT2D eigenvalue weighted by Gasteiger charge is -2.12. The fourth-order valence-corrected chi connectivity index (χ4v) is 2.10. The van der Waals surface area contributed by atoms with E-state index in [1.54, 1.807) is 29.5 Å². The van der Waals surface area contributed by atoms with Crippen LogP contribution in [0.15, 0.2) is 6.20 Å². The van der Waals surface area contributed by atoms with Crippen molar-refractivity contribution in [2.24, 2.45) is 5.73 Å². The number of aromatic nitrogens is 1. The average molecular weight is 356 g/mol. The number of ether oxygens (including phenoxy) is 1. The molecule has 1 aromatic heterocycles. The molecule has 0 saturated carbocycles. The molecule has 0 radical (unpaired) electrons. The summed E-state index contributed by atoms with van der Waals surface area (Å²) in [5.74, 6) is -0.796. The number of alkyl halides is 2. The van der Waals surface area contributed by atoms with Gasteiger partial charge in [0.05, 0.1) is 6.61 Å². The molecule has 0 unspecified atom stereocenters. The number of rotatable bonds is 4. The van der Waals surface area contributed by atoms with Crippen molar-refractivity contribution >= 4 is 28.6 Å². The Bertz CT molecular complexity index is 427. The molecule has 0 aliphatic carbocycles. The smallest absolute Gasteiger partial charge is 0.341 e. The van der Waals surface area contributed by atoms with Crippen molar-refractivity contribution in [2.75, 3.05) is 6.61 Å². The van der Waals surface area contributed by atoms with Crippen molar-refractivity contribution in [1.82, 2.24) is 4.98 Å². The van der Waals surface area contributed by atoms with Crippen LogP contribution in [0.2, 0.25) is 0 Å². The van der Waals surface area contributed by atoms with E-state index in [0.29, 0.717) is 9.13 Å². The predicted molar refractivity (Wildman–Crippen MR) is 65.8 cm³/mol. The Morgan fingerprint density at radius 2 is 2.29 bits per heavy atom. The Labute approximate surface area is 111 Å². The Kier molecular flexibility index (Phi) is 5.19. The first-order chi connectivity index (χ1) is 8.02. The predicted octanol–water partition coefficient (Wildman–Crippen LogP) is 2.26. The summed E-state index contributed by atoms with van der Waals surface area (Å²) in [5.41, 5.74) is 5.22. The van der Waals surface area contributed by atoms with E-state index in [1.165, 1.54) is 6.20 Å². The molecule has 0 aromatic carbocycles. The molecule has 94 valence electrons. The van der Waals surface area contributed by atoms with Gasteiger partial charge in [0.15, 0.2) is 0 Å². The number of hydrogen-bond donors (Lipinski definition) is 1. The van der Waals surface area contributed by atoms with Crippen molar-refractivity contribution in [3.8, 4) is 0 Å². The highest BCUT2D eigenvalue weighted by atomic mass is 127. The minimum absolute atomic E-state index is 0.116.